The molecule has 134 valence electrons. The van der Waals surface area contributed by atoms with Crippen LogP contribution < -0.4 is 5.32 Å². The van der Waals surface area contributed by atoms with Crippen molar-refractivity contribution in [2.75, 3.05) is 13.6 Å². The van der Waals surface area contributed by atoms with Crippen molar-refractivity contribution in [2.24, 2.45) is 0 Å². The van der Waals surface area contributed by atoms with Crippen LogP contribution in [0, 0.1) is 6.92 Å². The lowest BCUT2D eigenvalue weighted by molar-refractivity contribution is 0.0527. The Morgan fingerprint density at radius 3 is 2.52 bits per heavy atom. The number of nitrogens with one attached hydrogen (secondary N) is 1. The molecule has 0 spiro atoms. The fourth-order valence-corrected chi connectivity index (χ4v) is 2.71. The quantitative estimate of drug-likeness (QED) is 0.848. The first kappa shape index (κ1) is 18.9. The summed E-state index contributed by atoms with van der Waals surface area (Å²) in [6.45, 7) is 5.67. The van der Waals surface area contributed by atoms with Crippen molar-refractivity contribution in [3.63, 3.8) is 0 Å². The monoisotopic (exact) mass is 341 g/mol. The van der Waals surface area contributed by atoms with E-state index in [1.165, 1.54) is 10.5 Å². The van der Waals surface area contributed by atoms with Crippen molar-refractivity contribution in [3.05, 3.63) is 65.5 Å². The molecule has 1 aromatic carbocycles. The maximum Gasteiger partial charge on any atom is 0.317 e. The first-order valence-electron chi connectivity index (χ1n) is 8.44. The van der Waals surface area contributed by atoms with E-state index in [2.05, 4.69) is 41.5 Å². The number of rotatable bonds is 6. The predicted octanol–water partition coefficient (Wildman–Crippen LogP) is 3.09. The number of nitrogens with zero attached hydrogens (tertiary/aromatic N) is 2. The van der Waals surface area contributed by atoms with Crippen LogP contribution in [0.15, 0.2) is 48.8 Å². The Morgan fingerprint density at radius 1 is 1.28 bits per heavy atom. The highest BCUT2D eigenvalue weighted by Crippen LogP contribution is 2.19. The highest BCUT2D eigenvalue weighted by atomic mass is 16.3. The number of amides is 2. The van der Waals surface area contributed by atoms with Gasteiger partial charge in [-0.1, -0.05) is 35.9 Å². The molecule has 0 saturated carbocycles. The lowest BCUT2D eigenvalue weighted by atomic mass is 9.99. The highest BCUT2D eigenvalue weighted by Gasteiger charge is 2.22. The largest absolute Gasteiger partial charge is 0.389 e. The van der Waals surface area contributed by atoms with E-state index in [-0.39, 0.29) is 18.6 Å². The minimum absolute atomic E-state index is 0.187. The van der Waals surface area contributed by atoms with Crippen LogP contribution in [-0.2, 0) is 6.42 Å². The molecule has 0 radical (unpaired) electrons. The van der Waals surface area contributed by atoms with Gasteiger partial charge in [0, 0.05) is 19.4 Å². The molecule has 1 atom stereocenters. The molecule has 1 aromatic heterocycles. The number of carbonyl (C=O) groups excluding carboxylic acids is 1. The summed E-state index contributed by atoms with van der Waals surface area (Å²) in [5.74, 6) is 0. The number of hydrogen-bond acceptors (Lipinski definition) is 3. The van der Waals surface area contributed by atoms with Gasteiger partial charge in [0.1, 0.15) is 0 Å². The Kier molecular flexibility index (Phi) is 6.15. The number of likely N-dealkylation sites (N-methyl/N-ethyl adjacent to an activating group) is 1. The van der Waals surface area contributed by atoms with Gasteiger partial charge < -0.3 is 15.3 Å². The molecule has 0 aliphatic heterocycles. The average molecular weight is 341 g/mol. The van der Waals surface area contributed by atoms with Crippen LogP contribution in [0.1, 0.15) is 36.6 Å². The first-order chi connectivity index (χ1) is 11.7. The molecule has 1 heterocycles. The topological polar surface area (TPSA) is 65.5 Å². The zero-order valence-electron chi connectivity index (χ0n) is 15.4. The Bertz CT molecular complexity index is 678. The van der Waals surface area contributed by atoms with Crippen LogP contribution in [0.2, 0.25) is 0 Å². The summed E-state index contributed by atoms with van der Waals surface area (Å²) in [7, 11) is 1.68. The van der Waals surface area contributed by atoms with E-state index in [1.807, 2.05) is 12.1 Å². The zero-order chi connectivity index (χ0) is 18.4. The lowest BCUT2D eigenvalue weighted by Gasteiger charge is -2.28. The fourth-order valence-electron chi connectivity index (χ4n) is 2.71. The first-order valence-corrected chi connectivity index (χ1v) is 8.44. The van der Waals surface area contributed by atoms with Crippen LogP contribution in [0.3, 0.4) is 0 Å². The minimum atomic E-state index is -0.938. The molecular weight excluding hydrogens is 314 g/mol. The number of hydrogen-bond donors (Lipinski definition) is 2. The summed E-state index contributed by atoms with van der Waals surface area (Å²) in [6.07, 6.45) is 4.16. The van der Waals surface area contributed by atoms with E-state index in [9.17, 15) is 9.90 Å². The van der Waals surface area contributed by atoms with Crippen LogP contribution >= 0.6 is 0 Å². The fraction of sp³-hybridized carbons (Fsp3) is 0.400. The molecule has 2 rings (SSSR count). The molecule has 5 heteroatoms. The standard InChI is InChI=1S/C20H27N3O2/c1-15-7-9-16(10-8-15)12-18(17-6-5-11-21-13-17)22-19(24)23(4)14-20(2,3)25/h5-11,13,18,25H,12,14H2,1-4H3,(H,22,24)/t18-/m1/s1. The van der Waals surface area contributed by atoms with Gasteiger partial charge in [0.15, 0.2) is 0 Å². The van der Waals surface area contributed by atoms with Gasteiger partial charge in [-0.15, -0.1) is 0 Å². The molecule has 0 aliphatic carbocycles. The Labute approximate surface area is 149 Å². The molecule has 0 fully saturated rings. The molecule has 5 nitrogen and oxygen atoms in total. The molecule has 0 bridgehead atoms. The molecule has 2 amide bonds. The average Bonchev–Trinajstić information content (AvgIpc) is 2.55. The summed E-state index contributed by atoms with van der Waals surface area (Å²) < 4.78 is 0. The van der Waals surface area contributed by atoms with Gasteiger partial charge in [-0.05, 0) is 44.4 Å². The molecule has 0 aliphatic rings. The molecule has 2 N–H and O–H groups in total. The third-order valence-corrected chi connectivity index (χ3v) is 3.92. The second-order valence-electron chi connectivity index (χ2n) is 7.15. The number of urea groups is 1. The van der Waals surface area contributed by atoms with Crippen LogP contribution in [-0.4, -0.2) is 40.2 Å². The Balaban J connectivity index is 2.14. The number of aryl methyl sites for hydroxylation is 1. The van der Waals surface area contributed by atoms with E-state index in [0.29, 0.717) is 6.42 Å². The highest BCUT2D eigenvalue weighted by molar-refractivity contribution is 5.74. The van der Waals surface area contributed by atoms with Gasteiger partial charge in [-0.25, -0.2) is 4.79 Å². The number of benzene rings is 1. The van der Waals surface area contributed by atoms with Crippen molar-refractivity contribution in [2.45, 2.75) is 38.8 Å². The molecule has 2 aromatic rings. The van der Waals surface area contributed by atoms with Gasteiger partial charge in [0.2, 0.25) is 0 Å². The van der Waals surface area contributed by atoms with Crippen molar-refractivity contribution >= 4 is 6.03 Å². The zero-order valence-corrected chi connectivity index (χ0v) is 15.4. The Morgan fingerprint density at radius 2 is 1.96 bits per heavy atom. The van der Waals surface area contributed by atoms with Crippen molar-refractivity contribution in [3.8, 4) is 0 Å². The molecule has 25 heavy (non-hydrogen) atoms. The summed E-state index contributed by atoms with van der Waals surface area (Å²) >= 11 is 0. The Hall–Kier alpha value is -2.40. The van der Waals surface area contributed by atoms with Gasteiger partial charge in [0.05, 0.1) is 18.2 Å². The van der Waals surface area contributed by atoms with Crippen LogP contribution in [0.4, 0.5) is 4.79 Å². The maximum atomic E-state index is 12.5. The summed E-state index contributed by atoms with van der Waals surface area (Å²) in [6, 6.07) is 11.7. The van der Waals surface area contributed by atoms with E-state index in [1.54, 1.807) is 33.3 Å². The smallest absolute Gasteiger partial charge is 0.317 e. The summed E-state index contributed by atoms with van der Waals surface area (Å²) in [5, 5.41) is 13.0. The van der Waals surface area contributed by atoms with E-state index < -0.39 is 5.60 Å². The van der Waals surface area contributed by atoms with E-state index in [0.717, 1.165) is 11.1 Å². The number of pyridine rings is 1. The van der Waals surface area contributed by atoms with E-state index >= 15 is 0 Å². The SMILES string of the molecule is Cc1ccc(C[C@@H](NC(=O)N(C)CC(C)(C)O)c2cccnc2)cc1. The van der Waals surface area contributed by atoms with Gasteiger partial charge >= 0.3 is 6.03 Å². The number of aliphatic hydroxyl groups is 1. The van der Waals surface area contributed by atoms with E-state index in [4.69, 9.17) is 0 Å². The van der Waals surface area contributed by atoms with Crippen LogP contribution in [0.25, 0.3) is 0 Å². The number of carbonyl (C=O) groups is 1. The van der Waals surface area contributed by atoms with Crippen molar-refractivity contribution in [1.82, 2.24) is 15.2 Å². The summed E-state index contributed by atoms with van der Waals surface area (Å²) in [5.41, 5.74) is 2.36. The molecular formula is C20H27N3O2. The second-order valence-corrected chi connectivity index (χ2v) is 7.15. The van der Waals surface area contributed by atoms with Gasteiger partial charge in [-0.3, -0.25) is 4.98 Å². The van der Waals surface area contributed by atoms with Gasteiger partial charge in [0.25, 0.3) is 0 Å². The minimum Gasteiger partial charge on any atom is -0.389 e. The van der Waals surface area contributed by atoms with Crippen molar-refractivity contribution in [1.29, 1.82) is 0 Å². The summed E-state index contributed by atoms with van der Waals surface area (Å²) in [4.78, 5) is 18.2. The normalized spacial score (nSPS) is 12.5. The predicted molar refractivity (Wildman–Crippen MR) is 99.3 cm³/mol. The van der Waals surface area contributed by atoms with Gasteiger partial charge in [-0.2, -0.15) is 0 Å². The lowest BCUT2D eigenvalue weighted by Crippen LogP contribution is -2.46. The third kappa shape index (κ3) is 6.19. The number of aromatic nitrogens is 1. The van der Waals surface area contributed by atoms with Crippen molar-refractivity contribution < 1.29 is 9.90 Å². The second kappa shape index (κ2) is 8.12. The third-order valence-electron chi connectivity index (χ3n) is 3.92. The maximum absolute atomic E-state index is 12.5. The molecule has 0 unspecified atom stereocenters. The molecule has 0 saturated heterocycles. The van der Waals surface area contributed by atoms with Crippen LogP contribution in [0.5, 0.6) is 0 Å².